The van der Waals surface area contributed by atoms with Crippen molar-refractivity contribution in [1.29, 1.82) is 0 Å². The molecule has 1 heterocycles. The fourth-order valence-electron chi connectivity index (χ4n) is 2.36. The fourth-order valence-corrected chi connectivity index (χ4v) is 3.24. The second-order valence-corrected chi connectivity index (χ2v) is 6.53. The number of para-hydroxylation sites is 2. The molecule has 3 rings (SSSR count). The van der Waals surface area contributed by atoms with Crippen molar-refractivity contribution in [3.63, 3.8) is 0 Å². The number of halogens is 1. The third-order valence-corrected chi connectivity index (χ3v) is 4.50. The van der Waals surface area contributed by atoms with E-state index in [1.807, 2.05) is 30.3 Å². The lowest BCUT2D eigenvalue weighted by molar-refractivity contribution is -0.147. The van der Waals surface area contributed by atoms with Crippen LogP contribution in [0, 0.1) is 5.82 Å². The maximum Gasteiger partial charge on any atom is 0.344 e. The van der Waals surface area contributed by atoms with Crippen molar-refractivity contribution in [2.24, 2.45) is 0 Å². The molecule has 0 N–H and O–H groups in total. The van der Waals surface area contributed by atoms with Gasteiger partial charge in [0.15, 0.2) is 23.3 Å². The van der Waals surface area contributed by atoms with Crippen LogP contribution in [0.3, 0.4) is 0 Å². The standard InChI is InChI=1S/C20H17FN2O4S/c1-14(24)23(16-7-3-2-4-8-16)20-22-15(13-28-20)11-27-19(25)12-26-18-10-6-5-9-17(18)21/h2-10,13H,11-12H2,1H3. The number of nitrogens with zero attached hydrogens (tertiary/aromatic N) is 2. The number of anilines is 2. The van der Waals surface area contributed by atoms with Gasteiger partial charge in [0, 0.05) is 12.3 Å². The van der Waals surface area contributed by atoms with Gasteiger partial charge in [-0.2, -0.15) is 0 Å². The molecule has 0 atom stereocenters. The van der Waals surface area contributed by atoms with Gasteiger partial charge < -0.3 is 9.47 Å². The molecule has 0 saturated carbocycles. The summed E-state index contributed by atoms with van der Waals surface area (Å²) in [5, 5.41) is 2.19. The molecule has 144 valence electrons. The summed E-state index contributed by atoms with van der Waals surface area (Å²) in [5.41, 5.74) is 1.20. The van der Waals surface area contributed by atoms with E-state index in [1.54, 1.807) is 11.4 Å². The van der Waals surface area contributed by atoms with E-state index in [9.17, 15) is 14.0 Å². The number of ether oxygens (including phenoxy) is 2. The third kappa shape index (κ3) is 4.92. The maximum absolute atomic E-state index is 13.5. The van der Waals surface area contributed by atoms with E-state index >= 15 is 0 Å². The number of rotatable bonds is 7. The van der Waals surface area contributed by atoms with Gasteiger partial charge in [0.2, 0.25) is 5.91 Å². The summed E-state index contributed by atoms with van der Waals surface area (Å²) in [7, 11) is 0. The Morgan fingerprint density at radius 2 is 1.82 bits per heavy atom. The first-order valence-electron chi connectivity index (χ1n) is 8.37. The molecule has 0 spiro atoms. The summed E-state index contributed by atoms with van der Waals surface area (Å²) in [5.74, 6) is -1.40. The number of hydrogen-bond donors (Lipinski definition) is 0. The molecule has 0 radical (unpaired) electrons. The Balaban J connectivity index is 1.57. The van der Waals surface area contributed by atoms with Crippen LogP contribution in [-0.4, -0.2) is 23.5 Å². The van der Waals surface area contributed by atoms with Gasteiger partial charge in [-0.1, -0.05) is 30.3 Å². The zero-order valence-corrected chi connectivity index (χ0v) is 15.8. The molecule has 2 aromatic carbocycles. The van der Waals surface area contributed by atoms with Crippen LogP contribution < -0.4 is 9.64 Å². The minimum atomic E-state index is -0.649. The molecular weight excluding hydrogens is 383 g/mol. The molecule has 8 heteroatoms. The number of aromatic nitrogens is 1. The molecule has 0 saturated heterocycles. The highest BCUT2D eigenvalue weighted by Gasteiger charge is 2.18. The minimum absolute atomic E-state index is 0.0182. The Morgan fingerprint density at radius 3 is 2.54 bits per heavy atom. The first-order chi connectivity index (χ1) is 13.5. The molecule has 0 bridgehead atoms. The van der Waals surface area contributed by atoms with Crippen molar-refractivity contribution in [1.82, 2.24) is 4.98 Å². The van der Waals surface area contributed by atoms with E-state index in [-0.39, 0.29) is 18.3 Å². The molecule has 0 fully saturated rings. The largest absolute Gasteiger partial charge is 0.479 e. The first kappa shape index (κ1) is 19.5. The van der Waals surface area contributed by atoms with Gasteiger partial charge in [-0.3, -0.25) is 9.69 Å². The van der Waals surface area contributed by atoms with Crippen LogP contribution >= 0.6 is 11.3 Å². The van der Waals surface area contributed by atoms with Crippen molar-refractivity contribution in [3.8, 4) is 5.75 Å². The first-order valence-corrected chi connectivity index (χ1v) is 9.25. The summed E-state index contributed by atoms with van der Waals surface area (Å²) in [6.45, 7) is 0.964. The van der Waals surface area contributed by atoms with Crippen LogP contribution in [0.2, 0.25) is 0 Å². The van der Waals surface area contributed by atoms with E-state index in [0.717, 1.165) is 0 Å². The Morgan fingerprint density at radius 1 is 1.11 bits per heavy atom. The van der Waals surface area contributed by atoms with Gasteiger partial charge in [-0.15, -0.1) is 11.3 Å². The fraction of sp³-hybridized carbons (Fsp3) is 0.150. The highest BCUT2D eigenvalue weighted by Crippen LogP contribution is 2.28. The van der Waals surface area contributed by atoms with Crippen LogP contribution in [0.4, 0.5) is 15.2 Å². The van der Waals surface area contributed by atoms with Crippen molar-refractivity contribution >= 4 is 34.0 Å². The molecule has 3 aromatic rings. The third-order valence-electron chi connectivity index (χ3n) is 3.62. The van der Waals surface area contributed by atoms with Gasteiger partial charge in [0.05, 0.1) is 11.4 Å². The Hall–Kier alpha value is -3.26. The number of hydrogen-bond acceptors (Lipinski definition) is 6. The van der Waals surface area contributed by atoms with E-state index < -0.39 is 18.4 Å². The zero-order chi connectivity index (χ0) is 19.9. The topological polar surface area (TPSA) is 68.7 Å². The predicted octanol–water partition coefficient (Wildman–Crippen LogP) is 4.09. The number of amides is 1. The van der Waals surface area contributed by atoms with E-state index in [2.05, 4.69) is 4.98 Å². The quantitative estimate of drug-likeness (QED) is 0.559. The van der Waals surface area contributed by atoms with E-state index in [1.165, 1.54) is 41.4 Å². The van der Waals surface area contributed by atoms with Gasteiger partial charge in [0.25, 0.3) is 0 Å². The molecule has 0 aliphatic rings. The molecule has 1 amide bonds. The SMILES string of the molecule is CC(=O)N(c1ccccc1)c1nc(COC(=O)COc2ccccc2F)cs1. The van der Waals surface area contributed by atoms with E-state index in [0.29, 0.717) is 16.5 Å². The highest BCUT2D eigenvalue weighted by atomic mass is 32.1. The maximum atomic E-state index is 13.5. The van der Waals surface area contributed by atoms with Crippen LogP contribution in [0.5, 0.6) is 5.75 Å². The lowest BCUT2D eigenvalue weighted by atomic mass is 10.3. The van der Waals surface area contributed by atoms with Gasteiger partial charge >= 0.3 is 5.97 Å². The van der Waals surface area contributed by atoms with Crippen LogP contribution in [0.1, 0.15) is 12.6 Å². The average molecular weight is 400 g/mol. The van der Waals surface area contributed by atoms with Gasteiger partial charge in [-0.05, 0) is 24.3 Å². The van der Waals surface area contributed by atoms with Gasteiger partial charge in [-0.25, -0.2) is 14.2 Å². The average Bonchev–Trinajstić information content (AvgIpc) is 3.15. The number of carbonyl (C=O) groups excluding carboxylic acids is 2. The predicted molar refractivity (Wildman–Crippen MR) is 103 cm³/mol. The van der Waals surface area contributed by atoms with E-state index in [4.69, 9.17) is 9.47 Å². The Labute approximate surface area is 165 Å². The van der Waals surface area contributed by atoms with Crippen LogP contribution in [0.25, 0.3) is 0 Å². The number of esters is 1. The summed E-state index contributed by atoms with van der Waals surface area (Å²) < 4.78 is 23.7. The van der Waals surface area contributed by atoms with Crippen LogP contribution in [-0.2, 0) is 20.9 Å². The zero-order valence-electron chi connectivity index (χ0n) is 15.0. The smallest absolute Gasteiger partial charge is 0.344 e. The summed E-state index contributed by atoms with van der Waals surface area (Å²) in [4.78, 5) is 29.7. The van der Waals surface area contributed by atoms with Crippen molar-refractivity contribution < 1.29 is 23.5 Å². The molecule has 0 aliphatic carbocycles. The summed E-state index contributed by atoms with van der Waals surface area (Å²) in [6.07, 6.45) is 0. The summed E-state index contributed by atoms with van der Waals surface area (Å²) in [6, 6.07) is 14.9. The molecule has 0 unspecified atom stereocenters. The lowest BCUT2D eigenvalue weighted by Gasteiger charge is -2.17. The number of carbonyl (C=O) groups is 2. The Bertz CT molecular complexity index is 962. The van der Waals surface area contributed by atoms with Crippen molar-refractivity contribution in [2.45, 2.75) is 13.5 Å². The Kier molecular flexibility index (Phi) is 6.33. The molecule has 0 aliphatic heterocycles. The second kappa shape index (κ2) is 9.09. The highest BCUT2D eigenvalue weighted by molar-refractivity contribution is 7.14. The number of thiazole rings is 1. The lowest BCUT2D eigenvalue weighted by Crippen LogP contribution is -2.22. The summed E-state index contributed by atoms with van der Waals surface area (Å²) >= 11 is 1.27. The second-order valence-electron chi connectivity index (χ2n) is 5.69. The normalized spacial score (nSPS) is 10.4. The molecule has 6 nitrogen and oxygen atoms in total. The monoisotopic (exact) mass is 400 g/mol. The molecule has 1 aromatic heterocycles. The van der Waals surface area contributed by atoms with Crippen LogP contribution in [0.15, 0.2) is 60.0 Å². The molecular formula is C20H17FN2O4S. The molecule has 28 heavy (non-hydrogen) atoms. The minimum Gasteiger partial charge on any atom is -0.479 e. The van der Waals surface area contributed by atoms with Gasteiger partial charge in [0.1, 0.15) is 6.61 Å². The van der Waals surface area contributed by atoms with Crippen molar-refractivity contribution in [2.75, 3.05) is 11.5 Å². The van der Waals surface area contributed by atoms with Crippen molar-refractivity contribution in [3.05, 3.63) is 71.5 Å². The number of benzene rings is 2.